The third-order valence-electron chi connectivity index (χ3n) is 6.27. The lowest BCUT2D eigenvalue weighted by Gasteiger charge is -2.35. The van der Waals surface area contributed by atoms with Gasteiger partial charge in [0.05, 0.1) is 11.6 Å². The van der Waals surface area contributed by atoms with Gasteiger partial charge in [-0.25, -0.2) is 0 Å². The second-order valence-corrected chi connectivity index (χ2v) is 7.87. The van der Waals surface area contributed by atoms with Gasteiger partial charge < -0.3 is 5.32 Å². The zero-order chi connectivity index (χ0) is 19.4. The molecule has 1 atom stereocenters. The smallest absolute Gasteiger partial charge is 0.161 e. The summed E-state index contributed by atoms with van der Waals surface area (Å²) in [5.74, 6) is 0.267. The summed E-state index contributed by atoms with van der Waals surface area (Å²) in [6.45, 7) is 0. The summed E-state index contributed by atoms with van der Waals surface area (Å²) in [5, 5.41) is 7.24. The standard InChI is InChI=1S/C26H20N2O/c29-23-12-4-10-20-24-19-11-5-15-27-21(19)13-14-22(24)28-26(25(20)23)18-9-3-7-16-6-1-2-8-17(16)18/h1-3,5-9,11,13-15,26,28H,4,10,12H2. The van der Waals surface area contributed by atoms with E-state index in [0.717, 1.165) is 40.6 Å². The molecule has 140 valence electrons. The second kappa shape index (κ2) is 6.28. The van der Waals surface area contributed by atoms with E-state index in [1.54, 1.807) is 0 Å². The molecule has 0 radical (unpaired) electrons. The van der Waals surface area contributed by atoms with Crippen molar-refractivity contribution in [3.8, 4) is 0 Å². The number of ketones is 1. The molecule has 1 N–H and O–H groups in total. The number of allylic oxidation sites excluding steroid dienone is 1. The molecule has 0 fully saturated rings. The molecule has 0 saturated heterocycles. The number of carbonyl (C=O) groups excluding carboxylic acids is 1. The van der Waals surface area contributed by atoms with Gasteiger partial charge in [0, 0.05) is 34.8 Å². The average molecular weight is 376 g/mol. The van der Waals surface area contributed by atoms with Crippen molar-refractivity contribution in [2.75, 3.05) is 5.32 Å². The summed E-state index contributed by atoms with van der Waals surface area (Å²) in [6, 6.07) is 22.9. The van der Waals surface area contributed by atoms with Crippen molar-refractivity contribution < 1.29 is 4.79 Å². The monoisotopic (exact) mass is 376 g/mol. The Balaban J connectivity index is 1.66. The van der Waals surface area contributed by atoms with Crippen molar-refractivity contribution in [2.24, 2.45) is 0 Å². The second-order valence-electron chi connectivity index (χ2n) is 7.87. The molecule has 3 nitrogen and oxygen atoms in total. The Morgan fingerprint density at radius 1 is 0.862 bits per heavy atom. The molecule has 4 aromatic rings. The van der Waals surface area contributed by atoms with Gasteiger partial charge in [-0.3, -0.25) is 9.78 Å². The summed E-state index contributed by atoms with van der Waals surface area (Å²) >= 11 is 0. The molecule has 0 spiro atoms. The first kappa shape index (κ1) is 16.5. The molecule has 1 aliphatic carbocycles. The molecule has 1 aliphatic heterocycles. The third kappa shape index (κ3) is 2.44. The van der Waals surface area contributed by atoms with Crippen molar-refractivity contribution in [1.82, 2.24) is 4.98 Å². The van der Waals surface area contributed by atoms with Crippen molar-refractivity contribution in [3.05, 3.63) is 89.6 Å². The number of rotatable bonds is 1. The van der Waals surface area contributed by atoms with Gasteiger partial charge in [0.25, 0.3) is 0 Å². The summed E-state index contributed by atoms with van der Waals surface area (Å²) in [6.07, 6.45) is 4.30. The molecule has 3 aromatic carbocycles. The van der Waals surface area contributed by atoms with Crippen LogP contribution >= 0.6 is 0 Å². The molecule has 2 aliphatic rings. The van der Waals surface area contributed by atoms with Gasteiger partial charge in [0.15, 0.2) is 5.78 Å². The molecule has 6 rings (SSSR count). The molecule has 1 aromatic heterocycles. The van der Waals surface area contributed by atoms with Crippen molar-refractivity contribution in [2.45, 2.75) is 25.3 Å². The number of hydrogen-bond acceptors (Lipinski definition) is 3. The van der Waals surface area contributed by atoms with E-state index in [-0.39, 0.29) is 11.8 Å². The van der Waals surface area contributed by atoms with E-state index in [1.807, 2.05) is 12.3 Å². The highest BCUT2D eigenvalue weighted by atomic mass is 16.1. The van der Waals surface area contributed by atoms with Gasteiger partial charge >= 0.3 is 0 Å². The zero-order valence-corrected chi connectivity index (χ0v) is 16.0. The molecule has 2 heterocycles. The molecule has 0 saturated carbocycles. The third-order valence-corrected chi connectivity index (χ3v) is 6.27. The van der Waals surface area contributed by atoms with Crippen LogP contribution in [-0.4, -0.2) is 10.8 Å². The first-order chi connectivity index (χ1) is 14.3. The van der Waals surface area contributed by atoms with E-state index >= 15 is 0 Å². The molecule has 0 bridgehead atoms. The number of nitrogens with one attached hydrogen (secondary N) is 1. The van der Waals surface area contributed by atoms with Crippen LogP contribution in [0.1, 0.15) is 36.4 Å². The first-order valence-corrected chi connectivity index (χ1v) is 10.2. The Morgan fingerprint density at radius 2 is 1.72 bits per heavy atom. The van der Waals surface area contributed by atoms with E-state index in [0.29, 0.717) is 6.42 Å². The summed E-state index contributed by atoms with van der Waals surface area (Å²) in [5.41, 5.74) is 6.54. The predicted octanol–water partition coefficient (Wildman–Crippen LogP) is 6.06. The van der Waals surface area contributed by atoms with Crippen LogP contribution in [0.3, 0.4) is 0 Å². The largest absolute Gasteiger partial charge is 0.373 e. The van der Waals surface area contributed by atoms with Crippen molar-refractivity contribution >= 4 is 38.7 Å². The minimum atomic E-state index is -0.120. The van der Waals surface area contributed by atoms with Crippen LogP contribution in [0.4, 0.5) is 5.69 Å². The fraction of sp³-hybridized carbons (Fsp3) is 0.154. The summed E-state index contributed by atoms with van der Waals surface area (Å²) < 4.78 is 0. The molecule has 29 heavy (non-hydrogen) atoms. The maximum Gasteiger partial charge on any atom is 0.161 e. The van der Waals surface area contributed by atoms with Crippen LogP contribution in [-0.2, 0) is 4.79 Å². The van der Waals surface area contributed by atoms with Crippen LogP contribution in [0.5, 0.6) is 0 Å². The lowest BCUT2D eigenvalue weighted by Crippen LogP contribution is -2.27. The van der Waals surface area contributed by atoms with Crippen LogP contribution in [0.25, 0.3) is 27.2 Å². The predicted molar refractivity (Wildman–Crippen MR) is 118 cm³/mol. The van der Waals surface area contributed by atoms with Crippen LogP contribution < -0.4 is 5.32 Å². The minimum Gasteiger partial charge on any atom is -0.373 e. The average Bonchev–Trinajstić information content (AvgIpc) is 2.78. The summed E-state index contributed by atoms with van der Waals surface area (Å²) in [7, 11) is 0. The highest BCUT2D eigenvalue weighted by Gasteiger charge is 2.35. The SMILES string of the molecule is O=C1CCCC2=C1C(c1cccc3ccccc13)Nc1ccc3ncccc3c12. The highest BCUT2D eigenvalue weighted by Crippen LogP contribution is 2.48. The van der Waals surface area contributed by atoms with E-state index in [1.165, 1.54) is 21.9 Å². The molecule has 1 unspecified atom stereocenters. The Hall–Kier alpha value is -3.46. The van der Waals surface area contributed by atoms with Crippen LogP contribution in [0.2, 0.25) is 0 Å². The number of hydrogen-bond donors (Lipinski definition) is 1. The van der Waals surface area contributed by atoms with E-state index in [2.05, 4.69) is 71.0 Å². The molecular formula is C26H20N2O. The zero-order valence-electron chi connectivity index (χ0n) is 16.0. The van der Waals surface area contributed by atoms with Crippen LogP contribution in [0, 0.1) is 0 Å². The maximum absolute atomic E-state index is 13.2. The van der Waals surface area contributed by atoms with Crippen molar-refractivity contribution in [3.63, 3.8) is 0 Å². The number of fused-ring (bicyclic) bond motifs is 5. The number of Topliss-reactive ketones (excluding diaryl/α,β-unsaturated/α-hetero) is 1. The quantitative estimate of drug-likeness (QED) is 0.439. The van der Waals surface area contributed by atoms with Gasteiger partial charge in [-0.1, -0.05) is 48.5 Å². The number of benzene rings is 3. The minimum absolute atomic E-state index is 0.120. The number of aromatic nitrogens is 1. The Morgan fingerprint density at radius 3 is 2.69 bits per heavy atom. The number of pyridine rings is 1. The highest BCUT2D eigenvalue weighted by molar-refractivity contribution is 6.12. The fourth-order valence-corrected chi connectivity index (χ4v) is 5.02. The number of carbonyl (C=O) groups is 1. The van der Waals surface area contributed by atoms with Gasteiger partial charge in [-0.2, -0.15) is 0 Å². The van der Waals surface area contributed by atoms with Crippen LogP contribution in [0.15, 0.2) is 78.5 Å². The molecular weight excluding hydrogens is 356 g/mol. The number of anilines is 1. The molecule has 0 amide bonds. The summed E-state index contributed by atoms with van der Waals surface area (Å²) in [4.78, 5) is 17.7. The van der Waals surface area contributed by atoms with Gasteiger partial charge in [-0.15, -0.1) is 0 Å². The van der Waals surface area contributed by atoms with Gasteiger partial charge in [0.1, 0.15) is 0 Å². The van der Waals surface area contributed by atoms with E-state index in [4.69, 9.17) is 0 Å². The van der Waals surface area contributed by atoms with Gasteiger partial charge in [-0.05, 0) is 52.9 Å². The topological polar surface area (TPSA) is 42.0 Å². The Labute approximate surface area is 169 Å². The normalized spacial score (nSPS) is 18.5. The van der Waals surface area contributed by atoms with E-state index in [9.17, 15) is 4.79 Å². The Bertz CT molecular complexity index is 1330. The van der Waals surface area contributed by atoms with Crippen molar-refractivity contribution in [1.29, 1.82) is 0 Å². The lowest BCUT2D eigenvalue weighted by atomic mass is 9.76. The lowest BCUT2D eigenvalue weighted by molar-refractivity contribution is -0.116. The van der Waals surface area contributed by atoms with Gasteiger partial charge in [0.2, 0.25) is 0 Å². The van der Waals surface area contributed by atoms with E-state index < -0.39 is 0 Å². The number of nitrogens with zero attached hydrogens (tertiary/aromatic N) is 1. The molecule has 3 heteroatoms. The fourth-order valence-electron chi connectivity index (χ4n) is 5.02. The Kier molecular flexibility index (Phi) is 3.57. The maximum atomic E-state index is 13.2. The first-order valence-electron chi connectivity index (χ1n) is 10.2.